The SMILES string of the molecule is CC(=O)c1sc(N2C(=O)c3oc4ccc(C)cc4c(=O)c3C2c2cccc(OCc3ccccc3)c2)nc1C. The summed E-state index contributed by atoms with van der Waals surface area (Å²) in [4.78, 5) is 46.5. The van der Waals surface area contributed by atoms with Crippen molar-refractivity contribution in [2.45, 2.75) is 33.4 Å². The molecule has 7 nitrogen and oxygen atoms in total. The summed E-state index contributed by atoms with van der Waals surface area (Å²) >= 11 is 1.13. The minimum absolute atomic E-state index is 0.0193. The Kier molecular flexibility index (Phi) is 6.12. The molecule has 0 spiro atoms. The highest BCUT2D eigenvalue weighted by molar-refractivity contribution is 7.17. The van der Waals surface area contributed by atoms with Crippen LogP contribution >= 0.6 is 11.3 Å². The first-order chi connectivity index (χ1) is 18.8. The molecular weight excluding hydrogens is 512 g/mol. The molecule has 0 bridgehead atoms. The zero-order chi connectivity index (χ0) is 27.3. The topological polar surface area (TPSA) is 89.7 Å². The molecule has 1 unspecified atom stereocenters. The molecule has 39 heavy (non-hydrogen) atoms. The first-order valence-corrected chi connectivity index (χ1v) is 13.3. The van der Waals surface area contributed by atoms with Crippen molar-refractivity contribution < 1.29 is 18.7 Å². The van der Waals surface area contributed by atoms with Crippen LogP contribution in [0.25, 0.3) is 11.0 Å². The lowest BCUT2D eigenvalue weighted by atomic mass is 9.98. The van der Waals surface area contributed by atoms with Gasteiger partial charge in [0.15, 0.2) is 16.3 Å². The van der Waals surface area contributed by atoms with E-state index in [4.69, 9.17) is 9.15 Å². The van der Waals surface area contributed by atoms with E-state index in [9.17, 15) is 14.4 Å². The highest BCUT2D eigenvalue weighted by Gasteiger charge is 2.45. The van der Waals surface area contributed by atoms with E-state index in [-0.39, 0.29) is 22.5 Å². The second-order valence-electron chi connectivity index (χ2n) is 9.57. The Bertz CT molecular complexity index is 1820. The van der Waals surface area contributed by atoms with Gasteiger partial charge in [-0.1, -0.05) is 65.4 Å². The number of anilines is 1. The van der Waals surface area contributed by atoms with E-state index in [1.54, 1.807) is 19.1 Å². The van der Waals surface area contributed by atoms with E-state index in [2.05, 4.69) is 4.98 Å². The van der Waals surface area contributed by atoms with Crippen LogP contribution in [0.3, 0.4) is 0 Å². The predicted octanol–water partition coefficient (Wildman–Crippen LogP) is 6.40. The van der Waals surface area contributed by atoms with Gasteiger partial charge in [0.2, 0.25) is 5.76 Å². The maximum absolute atomic E-state index is 13.9. The number of ether oxygens (including phenoxy) is 1. The van der Waals surface area contributed by atoms with Crippen molar-refractivity contribution >= 4 is 39.1 Å². The van der Waals surface area contributed by atoms with Gasteiger partial charge in [-0.3, -0.25) is 19.3 Å². The van der Waals surface area contributed by atoms with Crippen LogP contribution in [-0.4, -0.2) is 16.7 Å². The fraction of sp³-hybridized carbons (Fsp3) is 0.161. The van der Waals surface area contributed by atoms with Crippen LogP contribution in [0, 0.1) is 13.8 Å². The summed E-state index contributed by atoms with van der Waals surface area (Å²) in [6.07, 6.45) is 0. The largest absolute Gasteiger partial charge is 0.489 e. The first kappa shape index (κ1) is 24.8. The van der Waals surface area contributed by atoms with Crippen molar-refractivity contribution in [3.05, 3.63) is 122 Å². The summed E-state index contributed by atoms with van der Waals surface area (Å²) in [6, 6.07) is 21.7. The molecule has 0 fully saturated rings. The Morgan fingerprint density at radius 1 is 1.03 bits per heavy atom. The number of hydrogen-bond donors (Lipinski definition) is 0. The third-order valence-electron chi connectivity index (χ3n) is 6.76. The van der Waals surface area contributed by atoms with Crippen molar-refractivity contribution in [1.82, 2.24) is 4.98 Å². The number of aryl methyl sites for hydroxylation is 2. The molecule has 0 aliphatic carbocycles. The second-order valence-corrected chi connectivity index (χ2v) is 10.5. The number of carbonyl (C=O) groups is 2. The Labute approximate surface area is 228 Å². The summed E-state index contributed by atoms with van der Waals surface area (Å²) in [5.74, 6) is -0.0372. The van der Waals surface area contributed by atoms with Crippen molar-refractivity contribution in [1.29, 1.82) is 0 Å². The molecule has 6 rings (SSSR count). The van der Waals surface area contributed by atoms with Crippen LogP contribution in [0.5, 0.6) is 5.75 Å². The monoisotopic (exact) mass is 536 g/mol. The van der Waals surface area contributed by atoms with Crippen LogP contribution < -0.4 is 15.1 Å². The van der Waals surface area contributed by atoms with Crippen LogP contribution in [-0.2, 0) is 6.61 Å². The molecular formula is C31H24N2O5S. The minimum Gasteiger partial charge on any atom is -0.489 e. The van der Waals surface area contributed by atoms with E-state index in [0.29, 0.717) is 44.6 Å². The van der Waals surface area contributed by atoms with Gasteiger partial charge in [-0.05, 0) is 49.2 Å². The Morgan fingerprint density at radius 3 is 2.56 bits per heavy atom. The summed E-state index contributed by atoms with van der Waals surface area (Å²) in [5, 5.41) is 0.735. The van der Waals surface area contributed by atoms with Gasteiger partial charge in [-0.2, -0.15) is 0 Å². The molecule has 0 radical (unpaired) electrons. The molecule has 0 saturated heterocycles. The minimum atomic E-state index is -0.806. The molecule has 3 aromatic carbocycles. The summed E-state index contributed by atoms with van der Waals surface area (Å²) in [5.41, 5.74) is 3.45. The first-order valence-electron chi connectivity index (χ1n) is 12.5. The molecule has 1 aliphatic rings. The molecule has 1 amide bonds. The number of thiazole rings is 1. The van der Waals surface area contributed by atoms with Crippen molar-refractivity contribution in [2.24, 2.45) is 0 Å². The lowest BCUT2D eigenvalue weighted by Crippen LogP contribution is -2.29. The maximum Gasteiger partial charge on any atom is 0.297 e. The van der Waals surface area contributed by atoms with E-state index >= 15 is 0 Å². The van der Waals surface area contributed by atoms with Crippen LogP contribution in [0.15, 0.2) is 82.0 Å². The highest BCUT2D eigenvalue weighted by atomic mass is 32.1. The lowest BCUT2D eigenvalue weighted by molar-refractivity contribution is 0.0969. The van der Waals surface area contributed by atoms with E-state index in [1.165, 1.54) is 11.8 Å². The smallest absolute Gasteiger partial charge is 0.297 e. The molecule has 0 saturated carbocycles. The number of carbonyl (C=O) groups excluding carboxylic acids is 2. The molecule has 194 valence electrons. The molecule has 0 N–H and O–H groups in total. The van der Waals surface area contributed by atoms with Gasteiger partial charge >= 0.3 is 0 Å². The van der Waals surface area contributed by atoms with Crippen LogP contribution in [0.2, 0.25) is 0 Å². The van der Waals surface area contributed by atoms with Gasteiger partial charge in [0.1, 0.15) is 17.9 Å². The van der Waals surface area contributed by atoms with Crippen LogP contribution in [0.1, 0.15) is 61.1 Å². The van der Waals surface area contributed by atoms with Gasteiger partial charge in [-0.25, -0.2) is 4.98 Å². The number of aromatic nitrogens is 1. The predicted molar refractivity (Wildman–Crippen MR) is 150 cm³/mol. The lowest BCUT2D eigenvalue weighted by Gasteiger charge is -2.23. The fourth-order valence-electron chi connectivity index (χ4n) is 4.93. The van der Waals surface area contributed by atoms with Gasteiger partial charge < -0.3 is 9.15 Å². The van der Waals surface area contributed by atoms with E-state index in [0.717, 1.165) is 22.5 Å². The number of amides is 1. The average molecular weight is 537 g/mol. The number of fused-ring (bicyclic) bond motifs is 2. The molecule has 3 heterocycles. The van der Waals surface area contributed by atoms with E-state index < -0.39 is 11.9 Å². The molecule has 5 aromatic rings. The summed E-state index contributed by atoms with van der Waals surface area (Å²) in [7, 11) is 0. The fourth-order valence-corrected chi connectivity index (χ4v) is 5.92. The number of hydrogen-bond acceptors (Lipinski definition) is 7. The number of nitrogens with zero attached hydrogens (tertiary/aromatic N) is 2. The summed E-state index contributed by atoms with van der Waals surface area (Å²) < 4.78 is 12.1. The van der Waals surface area contributed by atoms with Gasteiger partial charge in [0.25, 0.3) is 5.91 Å². The Hall–Kier alpha value is -4.56. The maximum atomic E-state index is 13.9. The highest BCUT2D eigenvalue weighted by Crippen LogP contribution is 2.43. The zero-order valence-corrected chi connectivity index (χ0v) is 22.4. The normalized spacial score (nSPS) is 14.6. The standard InChI is InChI=1S/C31H24N2O5S/c1-17-12-13-24-23(14-17)27(35)25-26(21-10-7-11-22(15-21)37-16-20-8-5-4-6-9-20)33(30(36)28(25)38-24)31-32-18(2)29(39-31)19(3)34/h4-15,26H,16H2,1-3H3. The zero-order valence-electron chi connectivity index (χ0n) is 21.6. The van der Waals surface area contributed by atoms with E-state index in [1.807, 2.05) is 67.6 Å². The second kappa shape index (κ2) is 9.63. The molecule has 2 aromatic heterocycles. The number of rotatable bonds is 6. The van der Waals surface area contributed by atoms with Crippen LogP contribution in [0.4, 0.5) is 5.13 Å². The van der Waals surface area contributed by atoms with Gasteiger partial charge in [-0.15, -0.1) is 0 Å². The molecule has 1 atom stereocenters. The van der Waals surface area contributed by atoms with Gasteiger partial charge in [0, 0.05) is 6.92 Å². The van der Waals surface area contributed by atoms with Crippen molar-refractivity contribution in [3.63, 3.8) is 0 Å². The average Bonchev–Trinajstić information content (AvgIpc) is 3.46. The number of benzene rings is 3. The quantitative estimate of drug-likeness (QED) is 0.233. The van der Waals surface area contributed by atoms with Gasteiger partial charge in [0.05, 0.1) is 27.6 Å². The Balaban J connectivity index is 1.51. The van der Waals surface area contributed by atoms with Crippen molar-refractivity contribution in [2.75, 3.05) is 4.90 Å². The van der Waals surface area contributed by atoms with Crippen molar-refractivity contribution in [3.8, 4) is 5.75 Å². The third kappa shape index (κ3) is 4.32. The number of Topliss-reactive ketones (excluding diaryl/α,β-unsaturated/α-hetero) is 1. The molecule has 8 heteroatoms. The summed E-state index contributed by atoms with van der Waals surface area (Å²) in [6.45, 7) is 5.47. The number of ketones is 1. The Morgan fingerprint density at radius 2 is 1.82 bits per heavy atom. The third-order valence-corrected chi connectivity index (χ3v) is 8.02. The molecule has 1 aliphatic heterocycles.